The van der Waals surface area contributed by atoms with E-state index in [1.807, 2.05) is 0 Å². The molecule has 0 amide bonds. The van der Waals surface area contributed by atoms with Crippen molar-refractivity contribution in [1.29, 1.82) is 0 Å². The van der Waals surface area contributed by atoms with Crippen LogP contribution in [0.5, 0.6) is 0 Å². The van der Waals surface area contributed by atoms with E-state index in [1.165, 1.54) is 51.9 Å². The highest BCUT2D eigenvalue weighted by molar-refractivity contribution is 7.89. The van der Waals surface area contributed by atoms with Crippen molar-refractivity contribution in [3.05, 3.63) is 29.8 Å². The summed E-state index contributed by atoms with van der Waals surface area (Å²) in [6, 6.07) is 6.11. The summed E-state index contributed by atoms with van der Waals surface area (Å²) >= 11 is 0. The summed E-state index contributed by atoms with van der Waals surface area (Å²) < 4.78 is 31.3. The molecule has 2 fully saturated rings. The molecule has 1 aromatic carbocycles. The Morgan fingerprint density at radius 1 is 1.08 bits per heavy atom. The molecule has 138 valence electrons. The molecular formula is C19H27NO4S. The van der Waals surface area contributed by atoms with Crippen LogP contribution in [0.15, 0.2) is 29.2 Å². The first-order valence-electron chi connectivity index (χ1n) is 9.11. The molecule has 0 aromatic heterocycles. The van der Waals surface area contributed by atoms with E-state index in [9.17, 15) is 13.2 Å². The number of carbonyl (C=O) groups is 1. The number of hydrogen-bond donors (Lipinski definition) is 0. The smallest absolute Gasteiger partial charge is 0.338 e. The number of rotatable bonds is 4. The van der Waals surface area contributed by atoms with Gasteiger partial charge in [-0.05, 0) is 49.3 Å². The van der Waals surface area contributed by atoms with Gasteiger partial charge < -0.3 is 4.74 Å². The molecule has 0 unspecified atom stereocenters. The Bertz CT molecular complexity index is 729. The molecular weight excluding hydrogens is 338 g/mol. The van der Waals surface area contributed by atoms with Gasteiger partial charge in [-0.2, -0.15) is 0 Å². The Hall–Kier alpha value is -1.40. The molecule has 2 aliphatic carbocycles. The van der Waals surface area contributed by atoms with Crippen molar-refractivity contribution in [3.63, 3.8) is 0 Å². The minimum Gasteiger partial charge on any atom is -0.459 e. The van der Waals surface area contributed by atoms with E-state index in [0.717, 1.165) is 29.5 Å². The number of fused-ring (bicyclic) bond motifs is 1. The third kappa shape index (κ3) is 4.06. The zero-order valence-corrected chi connectivity index (χ0v) is 15.8. The third-order valence-electron chi connectivity index (χ3n) is 5.61. The highest BCUT2D eigenvalue weighted by Crippen LogP contribution is 2.41. The van der Waals surface area contributed by atoms with Crippen LogP contribution in [0.25, 0.3) is 0 Å². The molecule has 0 N–H and O–H groups in total. The molecule has 5 nitrogen and oxygen atoms in total. The van der Waals surface area contributed by atoms with Crippen LogP contribution < -0.4 is 0 Å². The van der Waals surface area contributed by atoms with Gasteiger partial charge in [-0.3, -0.25) is 0 Å². The molecule has 2 aliphatic rings. The van der Waals surface area contributed by atoms with Gasteiger partial charge >= 0.3 is 5.97 Å². The van der Waals surface area contributed by atoms with Gasteiger partial charge in [-0.1, -0.05) is 31.7 Å². The number of carbonyl (C=O) groups excluding carboxylic acids is 1. The van der Waals surface area contributed by atoms with Crippen LogP contribution in [-0.4, -0.2) is 38.9 Å². The second-order valence-corrected chi connectivity index (χ2v) is 9.61. The van der Waals surface area contributed by atoms with Crippen LogP contribution in [0, 0.1) is 11.8 Å². The third-order valence-corrected chi connectivity index (χ3v) is 7.42. The molecule has 0 heterocycles. The number of nitrogens with zero attached hydrogens (tertiary/aromatic N) is 1. The van der Waals surface area contributed by atoms with Crippen molar-refractivity contribution < 1.29 is 17.9 Å². The van der Waals surface area contributed by atoms with Gasteiger partial charge in [-0.15, -0.1) is 0 Å². The zero-order chi connectivity index (χ0) is 18.0. The minimum absolute atomic E-state index is 0.0408. The summed E-state index contributed by atoms with van der Waals surface area (Å²) in [5, 5.41) is 0. The molecule has 0 spiro atoms. The molecule has 0 aliphatic heterocycles. The lowest BCUT2D eigenvalue weighted by Crippen LogP contribution is -2.33. The van der Waals surface area contributed by atoms with E-state index >= 15 is 0 Å². The maximum atomic E-state index is 12.5. The molecule has 3 atom stereocenters. The summed E-state index contributed by atoms with van der Waals surface area (Å²) in [4.78, 5) is 12.6. The van der Waals surface area contributed by atoms with Crippen LogP contribution in [0.1, 0.15) is 55.3 Å². The van der Waals surface area contributed by atoms with Crippen molar-refractivity contribution in [2.24, 2.45) is 11.8 Å². The molecule has 1 aromatic rings. The first kappa shape index (κ1) is 18.4. The van der Waals surface area contributed by atoms with Crippen LogP contribution >= 0.6 is 0 Å². The van der Waals surface area contributed by atoms with Gasteiger partial charge in [0.05, 0.1) is 10.5 Å². The first-order valence-corrected chi connectivity index (χ1v) is 10.6. The number of ether oxygens (including phenoxy) is 1. The van der Waals surface area contributed by atoms with Crippen LogP contribution in [0.3, 0.4) is 0 Å². The van der Waals surface area contributed by atoms with E-state index in [0.29, 0.717) is 11.5 Å². The van der Waals surface area contributed by atoms with Crippen LogP contribution in [0.2, 0.25) is 0 Å². The van der Waals surface area contributed by atoms with Gasteiger partial charge in [0, 0.05) is 14.1 Å². The fourth-order valence-corrected chi connectivity index (χ4v) is 5.10. The minimum atomic E-state index is -3.56. The van der Waals surface area contributed by atoms with Gasteiger partial charge in [-0.25, -0.2) is 17.5 Å². The van der Waals surface area contributed by atoms with Crippen molar-refractivity contribution in [1.82, 2.24) is 4.31 Å². The fourth-order valence-electron chi connectivity index (χ4n) is 4.15. The topological polar surface area (TPSA) is 63.7 Å². The van der Waals surface area contributed by atoms with E-state index in [2.05, 4.69) is 0 Å². The second kappa shape index (κ2) is 7.46. The van der Waals surface area contributed by atoms with E-state index in [-0.39, 0.29) is 11.0 Å². The molecule has 0 bridgehead atoms. The Labute approximate surface area is 150 Å². The summed E-state index contributed by atoms with van der Waals surface area (Å²) in [6.45, 7) is 0. The number of sulfonamides is 1. The maximum Gasteiger partial charge on any atom is 0.338 e. The Balaban J connectivity index is 1.68. The summed E-state index contributed by atoms with van der Waals surface area (Å²) in [6.07, 6.45) is 8.14. The SMILES string of the molecule is CN(C)S(=O)(=O)c1cccc(C(=O)O[C@H]2CC[C@H]3CCCC[C@@H]3C2)c1. The normalized spacial score (nSPS) is 26.9. The van der Waals surface area contributed by atoms with E-state index in [1.54, 1.807) is 12.1 Å². The predicted octanol–water partition coefficient (Wildman–Crippen LogP) is 3.45. The lowest BCUT2D eigenvalue weighted by molar-refractivity contribution is -0.000947. The first-order chi connectivity index (χ1) is 11.9. The largest absolute Gasteiger partial charge is 0.459 e. The molecule has 0 saturated heterocycles. The monoisotopic (exact) mass is 365 g/mol. The molecule has 25 heavy (non-hydrogen) atoms. The van der Waals surface area contributed by atoms with Crippen molar-refractivity contribution in [3.8, 4) is 0 Å². The molecule has 6 heteroatoms. The predicted molar refractivity (Wildman–Crippen MR) is 95.8 cm³/mol. The molecule has 0 radical (unpaired) electrons. The Morgan fingerprint density at radius 2 is 1.80 bits per heavy atom. The number of benzene rings is 1. The summed E-state index contributed by atoms with van der Waals surface area (Å²) in [5.41, 5.74) is 0.300. The van der Waals surface area contributed by atoms with E-state index in [4.69, 9.17) is 4.74 Å². The Kier molecular flexibility index (Phi) is 5.49. The summed E-state index contributed by atoms with van der Waals surface area (Å²) in [7, 11) is -0.606. The average Bonchev–Trinajstić information content (AvgIpc) is 2.61. The van der Waals surface area contributed by atoms with E-state index < -0.39 is 16.0 Å². The van der Waals surface area contributed by atoms with Crippen molar-refractivity contribution >= 4 is 16.0 Å². The maximum absolute atomic E-state index is 12.5. The second-order valence-electron chi connectivity index (χ2n) is 7.46. The highest BCUT2D eigenvalue weighted by atomic mass is 32.2. The lowest BCUT2D eigenvalue weighted by Gasteiger charge is -2.38. The Morgan fingerprint density at radius 3 is 2.52 bits per heavy atom. The summed E-state index contributed by atoms with van der Waals surface area (Å²) in [5.74, 6) is 1.06. The molecule has 3 rings (SSSR count). The lowest BCUT2D eigenvalue weighted by atomic mass is 9.70. The van der Waals surface area contributed by atoms with Crippen molar-refractivity contribution in [2.75, 3.05) is 14.1 Å². The van der Waals surface area contributed by atoms with Crippen LogP contribution in [0.4, 0.5) is 0 Å². The zero-order valence-electron chi connectivity index (χ0n) is 15.0. The van der Waals surface area contributed by atoms with Crippen LogP contribution in [-0.2, 0) is 14.8 Å². The van der Waals surface area contributed by atoms with Crippen molar-refractivity contribution in [2.45, 2.75) is 55.9 Å². The highest BCUT2D eigenvalue weighted by Gasteiger charge is 2.34. The van der Waals surface area contributed by atoms with Gasteiger partial charge in [0.15, 0.2) is 0 Å². The van der Waals surface area contributed by atoms with Gasteiger partial charge in [0.25, 0.3) is 0 Å². The average molecular weight is 365 g/mol. The quantitative estimate of drug-likeness (QED) is 0.767. The standard InChI is InChI=1S/C19H27NO4S/c1-20(2)25(22,23)18-9-5-8-16(13-18)19(21)24-17-11-10-14-6-3-4-7-15(14)12-17/h5,8-9,13-15,17H,3-4,6-7,10-12H2,1-2H3/t14-,15-,17+/m1/s1. The number of esters is 1. The van der Waals surface area contributed by atoms with Gasteiger partial charge in [0.1, 0.15) is 6.10 Å². The fraction of sp³-hybridized carbons (Fsp3) is 0.632. The van der Waals surface area contributed by atoms with Gasteiger partial charge in [0.2, 0.25) is 10.0 Å². The molecule has 2 saturated carbocycles. The number of hydrogen-bond acceptors (Lipinski definition) is 4.